The lowest BCUT2D eigenvalue weighted by molar-refractivity contribution is -0.573. The average Bonchev–Trinajstić information content (AvgIpc) is 3.44. The number of thiazole rings is 1. The van der Waals surface area contributed by atoms with Crippen molar-refractivity contribution in [2.75, 3.05) is 5.32 Å². The van der Waals surface area contributed by atoms with E-state index < -0.39 is 11.0 Å². The average molecular weight is 558 g/mol. The molecule has 0 spiro atoms. The van der Waals surface area contributed by atoms with Crippen molar-refractivity contribution in [1.82, 2.24) is 4.98 Å². The molecule has 41 heavy (non-hydrogen) atoms. The summed E-state index contributed by atoms with van der Waals surface area (Å²) >= 11 is 1.38. The molecule has 1 atom stereocenters. The van der Waals surface area contributed by atoms with Crippen molar-refractivity contribution >= 4 is 22.4 Å². The van der Waals surface area contributed by atoms with Gasteiger partial charge >= 0.3 is 0 Å². The molecule has 8 rings (SSSR count). The van der Waals surface area contributed by atoms with E-state index in [0.29, 0.717) is 22.7 Å². The molecule has 1 unspecified atom stereocenters. The van der Waals surface area contributed by atoms with Gasteiger partial charge in [-0.2, -0.15) is 0 Å². The van der Waals surface area contributed by atoms with Gasteiger partial charge < -0.3 is 5.32 Å². The molecule has 0 aliphatic heterocycles. The molecule has 0 saturated carbocycles. The summed E-state index contributed by atoms with van der Waals surface area (Å²) < 4.78 is 0. The topological polar surface area (TPSA) is 85.1 Å². The first-order chi connectivity index (χ1) is 19.9. The molecule has 1 N–H and O–H groups in total. The minimum absolute atomic E-state index is 0.0868. The van der Waals surface area contributed by atoms with Crippen molar-refractivity contribution in [2.24, 2.45) is 5.41 Å². The van der Waals surface area contributed by atoms with E-state index in [1.807, 2.05) is 79.0 Å². The Morgan fingerprint density at radius 2 is 1.49 bits per heavy atom. The van der Waals surface area contributed by atoms with Crippen LogP contribution in [0.25, 0.3) is 11.1 Å². The summed E-state index contributed by atoms with van der Waals surface area (Å²) in [6.45, 7) is 1.86. The molecule has 1 aromatic heterocycles. The molecule has 202 valence electrons. The van der Waals surface area contributed by atoms with E-state index in [4.69, 9.17) is 4.98 Å². The Balaban J connectivity index is 1.16. The van der Waals surface area contributed by atoms with Crippen molar-refractivity contribution in [3.8, 4) is 11.1 Å². The summed E-state index contributed by atoms with van der Waals surface area (Å²) in [6, 6.07) is 33.7. The number of hydrogen-bond acceptors (Lipinski definition) is 5. The van der Waals surface area contributed by atoms with Crippen molar-refractivity contribution in [2.45, 2.75) is 31.2 Å². The van der Waals surface area contributed by atoms with Gasteiger partial charge in [-0.15, -0.1) is 11.3 Å². The van der Waals surface area contributed by atoms with Gasteiger partial charge in [-0.3, -0.25) is 14.9 Å². The minimum atomic E-state index is -1.48. The minimum Gasteiger partial charge on any atom is -0.301 e. The third-order valence-electron chi connectivity index (χ3n) is 8.74. The molecule has 5 aromatic rings. The summed E-state index contributed by atoms with van der Waals surface area (Å²) in [4.78, 5) is 31.4. The van der Waals surface area contributed by atoms with Gasteiger partial charge in [0.1, 0.15) is 0 Å². The molecule has 7 heteroatoms. The van der Waals surface area contributed by atoms with Crippen LogP contribution in [-0.2, 0) is 16.8 Å². The number of nitro groups is 1. The highest BCUT2D eigenvalue weighted by Crippen LogP contribution is 2.64. The number of hydrogen-bond donors (Lipinski definition) is 1. The number of carbonyl (C=O) groups excluding carboxylic acids is 1. The zero-order chi connectivity index (χ0) is 28.2. The summed E-state index contributed by atoms with van der Waals surface area (Å²) in [5.41, 5.74) is 4.90. The molecular weight excluding hydrogens is 530 g/mol. The number of rotatable bonds is 6. The van der Waals surface area contributed by atoms with Gasteiger partial charge in [0.05, 0.1) is 11.1 Å². The summed E-state index contributed by atoms with van der Waals surface area (Å²) in [5.74, 6) is -0.537. The number of fused-ring (bicyclic) bond motifs is 1. The standard InChI is InChI=1S/C34H27N3O3S/c1-33(21-34(37(39)40)28-13-7-5-11-26(28)30(33)27-12-6-8-14-29(27)34)31(38)36-32-35-25(20-41-32)19-22-15-17-24(18-16-22)23-9-3-2-4-10-23/h2-18,20,30H,19,21H2,1H3,(H,35,36,38). The van der Waals surface area contributed by atoms with Gasteiger partial charge in [0.2, 0.25) is 5.91 Å². The van der Waals surface area contributed by atoms with E-state index in [2.05, 4.69) is 41.7 Å². The highest BCUT2D eigenvalue weighted by atomic mass is 32.1. The Bertz CT molecular complexity index is 1750. The van der Waals surface area contributed by atoms with Crippen LogP contribution in [0.2, 0.25) is 0 Å². The second-order valence-electron chi connectivity index (χ2n) is 11.2. The van der Waals surface area contributed by atoms with E-state index in [1.165, 1.54) is 16.9 Å². The Hall–Kier alpha value is -4.62. The first kappa shape index (κ1) is 25.4. The number of carbonyl (C=O) groups is 1. The fraction of sp³-hybridized carbons (Fsp3) is 0.176. The second kappa shape index (κ2) is 9.49. The Kier molecular flexibility index (Phi) is 5.87. The smallest absolute Gasteiger partial charge is 0.273 e. The SMILES string of the molecule is CC1(C(=O)Nc2nc(Cc3ccc(-c4ccccc4)cc3)cs2)CC2([N+](=O)[O-])c3ccccc3C1c1ccccc12. The summed E-state index contributed by atoms with van der Waals surface area (Å²) in [7, 11) is 0. The molecule has 3 aliphatic carbocycles. The summed E-state index contributed by atoms with van der Waals surface area (Å²) in [6.07, 6.45) is 0.732. The molecule has 3 aliphatic rings. The molecule has 1 amide bonds. The fourth-order valence-corrected chi connectivity index (χ4v) is 7.59. The van der Waals surface area contributed by atoms with Crippen LogP contribution in [-0.4, -0.2) is 15.8 Å². The maximum atomic E-state index is 14.0. The lowest BCUT2D eigenvalue weighted by Gasteiger charge is -2.52. The lowest BCUT2D eigenvalue weighted by atomic mass is 9.49. The lowest BCUT2D eigenvalue weighted by Crippen LogP contribution is -2.57. The van der Waals surface area contributed by atoms with Crippen LogP contribution >= 0.6 is 11.3 Å². The molecule has 0 saturated heterocycles. The number of anilines is 1. The number of nitrogens with zero attached hydrogens (tertiary/aromatic N) is 2. The van der Waals surface area contributed by atoms with Crippen LogP contribution in [0.1, 0.15) is 52.8 Å². The molecular formula is C34H27N3O3S. The van der Waals surface area contributed by atoms with Gasteiger partial charge in [-0.05, 0) is 34.7 Å². The van der Waals surface area contributed by atoms with Crippen LogP contribution in [0.5, 0.6) is 0 Å². The maximum Gasteiger partial charge on any atom is 0.273 e. The van der Waals surface area contributed by atoms with Crippen LogP contribution in [0.15, 0.2) is 109 Å². The highest BCUT2D eigenvalue weighted by molar-refractivity contribution is 7.13. The quantitative estimate of drug-likeness (QED) is 0.174. The van der Waals surface area contributed by atoms with E-state index in [-0.39, 0.29) is 23.2 Å². The predicted molar refractivity (Wildman–Crippen MR) is 161 cm³/mol. The number of amides is 1. The van der Waals surface area contributed by atoms with Crippen molar-refractivity contribution in [3.05, 3.63) is 152 Å². The van der Waals surface area contributed by atoms with Gasteiger partial charge in [-0.1, -0.05) is 103 Å². The van der Waals surface area contributed by atoms with Crippen LogP contribution < -0.4 is 5.32 Å². The third-order valence-corrected chi connectivity index (χ3v) is 9.55. The van der Waals surface area contributed by atoms with E-state index >= 15 is 0 Å². The second-order valence-corrected chi connectivity index (χ2v) is 12.0. The van der Waals surface area contributed by atoms with Gasteiger partial charge in [0.25, 0.3) is 5.54 Å². The van der Waals surface area contributed by atoms with Gasteiger partial charge in [-0.25, -0.2) is 4.98 Å². The number of benzene rings is 4. The number of nitrogens with one attached hydrogen (secondary N) is 1. The number of aromatic nitrogens is 1. The molecule has 6 nitrogen and oxygen atoms in total. The zero-order valence-electron chi connectivity index (χ0n) is 22.4. The largest absolute Gasteiger partial charge is 0.301 e. The normalized spacial score (nSPS) is 22.0. The molecule has 2 bridgehead atoms. The molecule has 1 heterocycles. The molecule has 4 aromatic carbocycles. The van der Waals surface area contributed by atoms with Crippen molar-refractivity contribution < 1.29 is 9.72 Å². The summed E-state index contributed by atoms with van der Waals surface area (Å²) in [5, 5.41) is 18.4. The van der Waals surface area contributed by atoms with Gasteiger partial charge in [0.15, 0.2) is 5.13 Å². The van der Waals surface area contributed by atoms with Gasteiger partial charge in [0, 0.05) is 40.2 Å². The van der Waals surface area contributed by atoms with E-state index in [0.717, 1.165) is 27.9 Å². The van der Waals surface area contributed by atoms with E-state index in [1.54, 1.807) is 0 Å². The van der Waals surface area contributed by atoms with Crippen LogP contribution in [0.3, 0.4) is 0 Å². The zero-order valence-corrected chi connectivity index (χ0v) is 23.2. The monoisotopic (exact) mass is 557 g/mol. The molecule has 0 radical (unpaired) electrons. The first-order valence-corrected chi connectivity index (χ1v) is 14.5. The Morgan fingerprint density at radius 1 is 0.902 bits per heavy atom. The van der Waals surface area contributed by atoms with Crippen molar-refractivity contribution in [1.29, 1.82) is 0 Å². The first-order valence-electron chi connectivity index (χ1n) is 13.6. The maximum absolute atomic E-state index is 14.0. The fourth-order valence-electron chi connectivity index (χ4n) is 6.89. The Morgan fingerprint density at radius 3 is 2.12 bits per heavy atom. The van der Waals surface area contributed by atoms with Crippen LogP contribution in [0, 0.1) is 15.5 Å². The molecule has 0 fully saturated rings. The van der Waals surface area contributed by atoms with Crippen LogP contribution in [0.4, 0.5) is 5.13 Å². The Labute approximate surface area is 241 Å². The predicted octanol–water partition coefficient (Wildman–Crippen LogP) is 7.42. The van der Waals surface area contributed by atoms with E-state index in [9.17, 15) is 14.9 Å². The highest BCUT2D eigenvalue weighted by Gasteiger charge is 2.67. The van der Waals surface area contributed by atoms with Crippen molar-refractivity contribution in [3.63, 3.8) is 0 Å². The third kappa shape index (κ3) is 3.91.